The van der Waals surface area contributed by atoms with E-state index in [9.17, 15) is 18.4 Å². The Morgan fingerprint density at radius 2 is 1.77 bits per heavy atom. The van der Waals surface area contributed by atoms with Crippen LogP contribution in [-0.4, -0.2) is 67.2 Å². The van der Waals surface area contributed by atoms with Gasteiger partial charge in [-0.2, -0.15) is 0 Å². The molecule has 5 rings (SSSR count). The number of aryl methyl sites for hydroxylation is 1. The zero-order valence-electron chi connectivity index (χ0n) is 22.4. The predicted molar refractivity (Wildman–Crippen MR) is 139 cm³/mol. The molecule has 9 heteroatoms. The number of likely N-dealkylation sites (tertiary alicyclic amines) is 2. The van der Waals surface area contributed by atoms with Crippen LogP contribution in [0, 0.1) is 24.5 Å². The quantitative estimate of drug-likeness (QED) is 0.430. The van der Waals surface area contributed by atoms with Crippen molar-refractivity contribution in [2.24, 2.45) is 5.92 Å². The molecule has 3 aliphatic rings. The van der Waals surface area contributed by atoms with Crippen LogP contribution in [0.5, 0.6) is 5.75 Å². The molecule has 0 unspecified atom stereocenters. The number of amides is 1. The van der Waals surface area contributed by atoms with Gasteiger partial charge in [0.1, 0.15) is 29.6 Å². The highest BCUT2D eigenvalue weighted by atomic mass is 19.1. The molecule has 0 radical (unpaired) electrons. The van der Waals surface area contributed by atoms with Crippen molar-refractivity contribution in [3.63, 3.8) is 0 Å². The first kappa shape index (κ1) is 27.5. The molecule has 1 aliphatic carbocycles. The van der Waals surface area contributed by atoms with Crippen LogP contribution in [-0.2, 0) is 16.1 Å². The molecule has 6 nitrogen and oxygen atoms in total. The van der Waals surface area contributed by atoms with E-state index in [4.69, 9.17) is 9.47 Å². The zero-order valence-corrected chi connectivity index (χ0v) is 22.4. The van der Waals surface area contributed by atoms with E-state index in [0.29, 0.717) is 24.5 Å². The number of benzene rings is 2. The number of ether oxygens (including phenoxy) is 2. The third-order valence-electron chi connectivity index (χ3n) is 8.11. The summed E-state index contributed by atoms with van der Waals surface area (Å²) >= 11 is 0. The third-order valence-corrected chi connectivity index (χ3v) is 8.11. The number of carbonyl (C=O) groups is 2. The van der Waals surface area contributed by atoms with Crippen molar-refractivity contribution in [1.29, 1.82) is 0 Å². The lowest BCUT2D eigenvalue weighted by Gasteiger charge is -2.32. The number of hydrogen-bond acceptors (Lipinski definition) is 5. The molecule has 2 heterocycles. The van der Waals surface area contributed by atoms with Gasteiger partial charge in [0.25, 0.3) is 5.91 Å². The van der Waals surface area contributed by atoms with Gasteiger partial charge in [0.2, 0.25) is 0 Å². The highest BCUT2D eigenvalue weighted by molar-refractivity contribution is 5.98. The third kappa shape index (κ3) is 6.24. The van der Waals surface area contributed by atoms with E-state index >= 15 is 4.39 Å². The van der Waals surface area contributed by atoms with Crippen LogP contribution in [0.15, 0.2) is 30.3 Å². The maximum absolute atomic E-state index is 15.2. The fraction of sp³-hybridized carbons (Fsp3) is 0.533. The highest BCUT2D eigenvalue weighted by Crippen LogP contribution is 2.45. The van der Waals surface area contributed by atoms with Gasteiger partial charge in [-0.3, -0.25) is 9.69 Å². The average Bonchev–Trinajstić information content (AvgIpc) is 3.70. The summed E-state index contributed by atoms with van der Waals surface area (Å²) in [5.41, 5.74) is 2.34. The number of hydrogen-bond donors (Lipinski definition) is 0. The lowest BCUT2D eigenvalue weighted by molar-refractivity contribution is -0.145. The van der Waals surface area contributed by atoms with E-state index in [0.717, 1.165) is 54.8 Å². The highest BCUT2D eigenvalue weighted by Gasteiger charge is 2.42. The second-order valence-corrected chi connectivity index (χ2v) is 11.1. The molecule has 3 fully saturated rings. The summed E-state index contributed by atoms with van der Waals surface area (Å²) in [6.45, 7) is 4.34. The number of rotatable bonds is 8. The molecule has 2 aliphatic heterocycles. The van der Waals surface area contributed by atoms with Gasteiger partial charge in [-0.25, -0.2) is 18.0 Å². The number of alkyl halides is 1. The Bertz CT molecular complexity index is 1230. The van der Waals surface area contributed by atoms with Gasteiger partial charge in [-0.05, 0) is 75.2 Å². The lowest BCUT2D eigenvalue weighted by Crippen LogP contribution is -2.41. The summed E-state index contributed by atoms with van der Waals surface area (Å²) in [6.07, 6.45) is 2.10. The molecular weight excluding hydrogens is 509 g/mol. The normalized spacial score (nSPS) is 22.2. The van der Waals surface area contributed by atoms with E-state index < -0.39 is 29.9 Å². The summed E-state index contributed by atoms with van der Waals surface area (Å²) < 4.78 is 54.3. The second-order valence-electron chi connectivity index (χ2n) is 11.1. The monoisotopic (exact) mass is 544 g/mol. The number of methoxy groups -OCH3 is 1. The van der Waals surface area contributed by atoms with Crippen molar-refractivity contribution in [2.45, 2.75) is 63.7 Å². The minimum Gasteiger partial charge on any atom is -0.493 e. The Kier molecular flexibility index (Phi) is 8.16. The minimum absolute atomic E-state index is 0.157. The maximum atomic E-state index is 15.2. The van der Waals surface area contributed by atoms with E-state index in [1.807, 2.05) is 13.0 Å². The van der Waals surface area contributed by atoms with Crippen LogP contribution in [0.2, 0.25) is 0 Å². The molecule has 210 valence electrons. The molecular formula is C30H35F3N2O4. The van der Waals surface area contributed by atoms with Crippen LogP contribution in [0.25, 0.3) is 0 Å². The fourth-order valence-corrected chi connectivity index (χ4v) is 5.68. The van der Waals surface area contributed by atoms with E-state index in [2.05, 4.69) is 4.90 Å². The second kappa shape index (κ2) is 11.6. The zero-order chi connectivity index (χ0) is 27.7. The first-order valence-corrected chi connectivity index (χ1v) is 13.7. The van der Waals surface area contributed by atoms with E-state index in [1.165, 1.54) is 25.3 Å². The van der Waals surface area contributed by atoms with Gasteiger partial charge in [-0.15, -0.1) is 0 Å². The average molecular weight is 545 g/mol. The van der Waals surface area contributed by atoms with Crippen LogP contribution in [0.3, 0.4) is 0 Å². The lowest BCUT2D eigenvalue weighted by atomic mass is 9.97. The SMILES string of the molecule is COC(=O)[C@@H]1C[C@@H](F)CN1C(=O)c1cc(C2CC2)c(OCC2CCN(Cc3cc(C)ccc3F)CC2)cc1F. The smallest absolute Gasteiger partial charge is 0.328 e. The molecule has 0 bridgehead atoms. The van der Waals surface area contributed by atoms with Crippen LogP contribution >= 0.6 is 0 Å². The van der Waals surface area contributed by atoms with Crippen molar-refractivity contribution in [3.8, 4) is 5.75 Å². The Morgan fingerprint density at radius 3 is 2.46 bits per heavy atom. The van der Waals surface area contributed by atoms with Gasteiger partial charge in [0, 0.05) is 24.6 Å². The largest absolute Gasteiger partial charge is 0.493 e. The van der Waals surface area contributed by atoms with Crippen molar-refractivity contribution in [1.82, 2.24) is 9.80 Å². The van der Waals surface area contributed by atoms with Crippen LogP contribution < -0.4 is 4.74 Å². The minimum atomic E-state index is -1.37. The van der Waals surface area contributed by atoms with Gasteiger partial charge >= 0.3 is 5.97 Å². The Hall–Kier alpha value is -3.07. The summed E-state index contributed by atoms with van der Waals surface area (Å²) in [5, 5.41) is 0. The summed E-state index contributed by atoms with van der Waals surface area (Å²) in [5.74, 6) is -1.45. The molecule has 2 saturated heterocycles. The Balaban J connectivity index is 1.22. The molecule has 2 aromatic rings. The first-order valence-electron chi connectivity index (χ1n) is 13.7. The molecule has 2 atom stereocenters. The number of piperidine rings is 1. The molecule has 1 saturated carbocycles. The van der Waals surface area contributed by atoms with Gasteiger partial charge in [-0.1, -0.05) is 17.7 Å². The molecule has 0 spiro atoms. The van der Waals surface area contributed by atoms with Crippen molar-refractivity contribution in [2.75, 3.05) is 33.4 Å². The Morgan fingerprint density at radius 1 is 1.03 bits per heavy atom. The van der Waals surface area contributed by atoms with Gasteiger partial charge < -0.3 is 14.4 Å². The molecule has 0 aromatic heterocycles. The summed E-state index contributed by atoms with van der Waals surface area (Å²) in [6, 6.07) is 6.89. The summed E-state index contributed by atoms with van der Waals surface area (Å²) in [7, 11) is 1.18. The Labute approximate surface area is 227 Å². The van der Waals surface area contributed by atoms with Crippen molar-refractivity contribution < 1.29 is 32.2 Å². The van der Waals surface area contributed by atoms with Crippen molar-refractivity contribution >= 4 is 11.9 Å². The van der Waals surface area contributed by atoms with Gasteiger partial charge in [0.05, 0.1) is 25.8 Å². The topological polar surface area (TPSA) is 59.1 Å². The van der Waals surface area contributed by atoms with E-state index in [1.54, 1.807) is 6.07 Å². The number of esters is 1. The molecule has 39 heavy (non-hydrogen) atoms. The van der Waals surface area contributed by atoms with Crippen LogP contribution in [0.4, 0.5) is 13.2 Å². The fourth-order valence-electron chi connectivity index (χ4n) is 5.68. The van der Waals surface area contributed by atoms with Crippen molar-refractivity contribution in [3.05, 3.63) is 64.2 Å². The summed E-state index contributed by atoms with van der Waals surface area (Å²) in [4.78, 5) is 28.6. The van der Waals surface area contributed by atoms with E-state index in [-0.39, 0.29) is 36.2 Å². The van der Waals surface area contributed by atoms with Gasteiger partial charge in [0.15, 0.2) is 0 Å². The number of halogens is 3. The molecule has 1 amide bonds. The maximum Gasteiger partial charge on any atom is 0.328 e. The molecule has 2 aromatic carbocycles. The molecule has 0 N–H and O–H groups in total. The number of nitrogens with zero attached hydrogens (tertiary/aromatic N) is 2. The standard InChI is InChI=1S/C30H35F3N2O4/c1-18-3-6-25(32)21(11-18)15-34-9-7-19(8-10-34)17-39-28-14-26(33)24(13-23(28)20-4-5-20)29(36)35-16-22(31)12-27(35)30(37)38-2/h3,6,11,13-14,19-20,22,27H,4-5,7-10,12,15-17H2,1-2H3/t22-,27+/m1/s1. The van der Waals surface area contributed by atoms with Crippen LogP contribution in [0.1, 0.15) is 65.1 Å². The number of carbonyl (C=O) groups excluding carboxylic acids is 2. The predicted octanol–water partition coefficient (Wildman–Crippen LogP) is 5.17. The first-order chi connectivity index (χ1) is 18.7.